The number of H-pyrrole nitrogens is 1. The highest BCUT2D eigenvalue weighted by Gasteiger charge is 2.28. The van der Waals surface area contributed by atoms with E-state index in [2.05, 4.69) is 15.3 Å². The summed E-state index contributed by atoms with van der Waals surface area (Å²) in [7, 11) is -3.67. The van der Waals surface area contributed by atoms with Gasteiger partial charge < -0.3 is 10.3 Å². The number of rotatable bonds is 6. The zero-order chi connectivity index (χ0) is 22.9. The highest BCUT2D eigenvalue weighted by Crippen LogP contribution is 2.27. The monoisotopic (exact) mass is 474 g/mol. The predicted octanol–water partition coefficient (Wildman–Crippen LogP) is 4.52. The van der Waals surface area contributed by atoms with Gasteiger partial charge in [-0.2, -0.15) is 4.31 Å². The molecular weight excluding hydrogens is 448 g/mol. The van der Waals surface area contributed by atoms with Gasteiger partial charge in [-0.05, 0) is 49.1 Å². The number of para-hydroxylation sites is 2. The van der Waals surface area contributed by atoms with Crippen LogP contribution in [0.15, 0.2) is 47.4 Å². The molecule has 1 aliphatic heterocycles. The first-order chi connectivity index (χ1) is 15.3. The number of halogens is 1. The summed E-state index contributed by atoms with van der Waals surface area (Å²) in [4.78, 5) is 21.1. The van der Waals surface area contributed by atoms with Crippen molar-refractivity contribution in [2.24, 2.45) is 5.92 Å². The van der Waals surface area contributed by atoms with E-state index in [0.29, 0.717) is 18.9 Å². The molecule has 170 valence electrons. The summed E-state index contributed by atoms with van der Waals surface area (Å²) < 4.78 is 27.6. The molecule has 3 aromatic rings. The Morgan fingerprint density at radius 2 is 1.84 bits per heavy atom. The highest BCUT2D eigenvalue weighted by molar-refractivity contribution is 7.89. The second kappa shape index (κ2) is 9.21. The Morgan fingerprint density at radius 3 is 2.53 bits per heavy atom. The number of sulfonamides is 1. The Bertz CT molecular complexity index is 1200. The third-order valence-electron chi connectivity index (χ3n) is 5.79. The van der Waals surface area contributed by atoms with Gasteiger partial charge in [-0.25, -0.2) is 13.4 Å². The van der Waals surface area contributed by atoms with Crippen LogP contribution in [-0.2, 0) is 10.0 Å². The number of hydrogen-bond donors (Lipinski definition) is 2. The predicted molar refractivity (Wildman–Crippen MR) is 125 cm³/mol. The first-order valence-corrected chi connectivity index (χ1v) is 12.6. The highest BCUT2D eigenvalue weighted by atomic mass is 35.5. The van der Waals surface area contributed by atoms with Crippen LogP contribution in [0.1, 0.15) is 55.3 Å². The number of nitrogens with zero attached hydrogens (tertiary/aromatic N) is 2. The van der Waals surface area contributed by atoms with Gasteiger partial charge in [0.1, 0.15) is 5.82 Å². The molecule has 0 radical (unpaired) electrons. The summed E-state index contributed by atoms with van der Waals surface area (Å²) >= 11 is 6.31. The van der Waals surface area contributed by atoms with Gasteiger partial charge >= 0.3 is 0 Å². The van der Waals surface area contributed by atoms with Crippen molar-refractivity contribution in [2.45, 2.75) is 44.0 Å². The summed E-state index contributed by atoms with van der Waals surface area (Å²) in [5.74, 6) is 0.242. The molecule has 32 heavy (non-hydrogen) atoms. The molecule has 1 atom stereocenters. The Morgan fingerprint density at radius 1 is 1.12 bits per heavy atom. The molecule has 7 nitrogen and oxygen atoms in total. The van der Waals surface area contributed by atoms with Crippen LogP contribution in [0.3, 0.4) is 0 Å². The molecule has 0 aliphatic carbocycles. The number of aromatic nitrogens is 2. The maximum Gasteiger partial charge on any atom is 0.253 e. The number of hydrogen-bond acceptors (Lipinski definition) is 4. The molecular formula is C23H27ClN4O3S. The molecule has 0 spiro atoms. The van der Waals surface area contributed by atoms with Gasteiger partial charge in [0.05, 0.1) is 32.6 Å². The SMILES string of the molecule is CC(C)C(NC(=O)c1cc(S(=O)(=O)N2CCCCC2)ccc1Cl)c1nc2ccccc2[nH]1. The third kappa shape index (κ3) is 4.53. The summed E-state index contributed by atoms with van der Waals surface area (Å²) in [5, 5.41) is 3.18. The molecule has 2 aromatic carbocycles. The quantitative estimate of drug-likeness (QED) is 0.549. The topological polar surface area (TPSA) is 95.2 Å². The Labute approximate surface area is 193 Å². The molecule has 1 amide bonds. The van der Waals surface area contributed by atoms with Crippen LogP contribution in [0, 0.1) is 5.92 Å². The van der Waals surface area contributed by atoms with E-state index in [1.807, 2.05) is 38.1 Å². The maximum absolute atomic E-state index is 13.2. The first kappa shape index (κ1) is 22.8. The lowest BCUT2D eigenvalue weighted by Gasteiger charge is -2.26. The minimum atomic E-state index is -3.67. The number of nitrogens with one attached hydrogen (secondary N) is 2. The molecule has 1 aliphatic rings. The number of piperidine rings is 1. The number of aromatic amines is 1. The van der Waals surface area contributed by atoms with Crippen molar-refractivity contribution in [1.82, 2.24) is 19.6 Å². The zero-order valence-electron chi connectivity index (χ0n) is 18.1. The fourth-order valence-electron chi connectivity index (χ4n) is 3.98. The van der Waals surface area contributed by atoms with Crippen LogP contribution in [0.2, 0.25) is 5.02 Å². The Hall–Kier alpha value is -2.42. The van der Waals surface area contributed by atoms with Gasteiger partial charge in [-0.1, -0.05) is 44.0 Å². The van der Waals surface area contributed by atoms with Crippen molar-refractivity contribution in [2.75, 3.05) is 13.1 Å². The molecule has 4 rings (SSSR count). The molecule has 9 heteroatoms. The first-order valence-electron chi connectivity index (χ1n) is 10.8. The van der Waals surface area contributed by atoms with Gasteiger partial charge in [-0.3, -0.25) is 4.79 Å². The van der Waals surface area contributed by atoms with Crippen LogP contribution in [-0.4, -0.2) is 41.7 Å². The number of fused-ring (bicyclic) bond motifs is 1. The average Bonchev–Trinajstić information content (AvgIpc) is 3.21. The number of imidazole rings is 1. The van der Waals surface area contributed by atoms with Crippen molar-refractivity contribution in [3.63, 3.8) is 0 Å². The minimum Gasteiger partial charge on any atom is -0.342 e. The smallest absolute Gasteiger partial charge is 0.253 e. The lowest BCUT2D eigenvalue weighted by molar-refractivity contribution is 0.0923. The fraction of sp³-hybridized carbons (Fsp3) is 0.391. The van der Waals surface area contributed by atoms with E-state index in [0.717, 1.165) is 30.3 Å². The molecule has 2 heterocycles. The standard InChI is InChI=1S/C23H27ClN4O3S/c1-15(2)21(22-25-19-8-4-5-9-20(19)26-22)27-23(29)17-14-16(10-11-18(17)24)32(30,31)28-12-6-3-7-13-28/h4-5,8-11,14-15,21H,3,6-7,12-13H2,1-2H3,(H,25,26)(H,27,29). The van der Waals surface area contributed by atoms with E-state index in [9.17, 15) is 13.2 Å². The van der Waals surface area contributed by atoms with Crippen molar-refractivity contribution in [3.05, 3.63) is 58.9 Å². The van der Waals surface area contributed by atoms with Gasteiger partial charge in [0.2, 0.25) is 10.0 Å². The normalized spacial score (nSPS) is 16.4. The molecule has 1 unspecified atom stereocenters. The molecule has 2 N–H and O–H groups in total. The number of amides is 1. The van der Waals surface area contributed by atoms with E-state index in [1.165, 1.54) is 22.5 Å². The minimum absolute atomic E-state index is 0.0403. The van der Waals surface area contributed by atoms with Crippen LogP contribution in [0.5, 0.6) is 0 Å². The van der Waals surface area contributed by atoms with Crippen molar-refractivity contribution < 1.29 is 13.2 Å². The van der Waals surface area contributed by atoms with E-state index >= 15 is 0 Å². The van der Waals surface area contributed by atoms with Crippen LogP contribution in [0.4, 0.5) is 0 Å². The van der Waals surface area contributed by atoms with E-state index < -0.39 is 22.0 Å². The van der Waals surface area contributed by atoms with Crippen LogP contribution < -0.4 is 5.32 Å². The second-order valence-electron chi connectivity index (χ2n) is 8.44. The van der Waals surface area contributed by atoms with E-state index in [1.54, 1.807) is 0 Å². The van der Waals surface area contributed by atoms with Gasteiger partial charge in [0.15, 0.2) is 0 Å². The summed E-state index contributed by atoms with van der Waals surface area (Å²) in [5.41, 5.74) is 1.83. The third-order valence-corrected chi connectivity index (χ3v) is 8.02. The van der Waals surface area contributed by atoms with Gasteiger partial charge in [-0.15, -0.1) is 0 Å². The largest absolute Gasteiger partial charge is 0.342 e. The number of carbonyl (C=O) groups excluding carboxylic acids is 1. The lowest BCUT2D eigenvalue weighted by atomic mass is 10.0. The Balaban J connectivity index is 1.62. The number of benzene rings is 2. The van der Waals surface area contributed by atoms with Crippen molar-refractivity contribution in [3.8, 4) is 0 Å². The maximum atomic E-state index is 13.2. The molecule has 1 saturated heterocycles. The summed E-state index contributed by atoms with van der Waals surface area (Å²) in [6, 6.07) is 11.6. The number of carbonyl (C=O) groups is 1. The second-order valence-corrected chi connectivity index (χ2v) is 10.8. The van der Waals surface area contributed by atoms with Crippen LogP contribution >= 0.6 is 11.6 Å². The molecule has 1 aromatic heterocycles. The Kier molecular flexibility index (Phi) is 6.55. The zero-order valence-corrected chi connectivity index (χ0v) is 19.7. The molecule has 0 bridgehead atoms. The van der Waals surface area contributed by atoms with Crippen molar-refractivity contribution in [1.29, 1.82) is 0 Å². The fourth-order valence-corrected chi connectivity index (χ4v) is 5.73. The molecule has 0 saturated carbocycles. The van der Waals surface area contributed by atoms with Gasteiger partial charge in [0.25, 0.3) is 5.91 Å². The average molecular weight is 475 g/mol. The summed E-state index contributed by atoms with van der Waals surface area (Å²) in [6.07, 6.45) is 2.71. The van der Waals surface area contributed by atoms with Crippen LogP contribution in [0.25, 0.3) is 11.0 Å². The summed E-state index contributed by atoms with van der Waals surface area (Å²) in [6.45, 7) is 4.95. The van der Waals surface area contributed by atoms with Crippen molar-refractivity contribution >= 4 is 38.6 Å². The lowest BCUT2D eigenvalue weighted by Crippen LogP contribution is -2.36. The van der Waals surface area contributed by atoms with Gasteiger partial charge in [0, 0.05) is 13.1 Å². The molecule has 1 fully saturated rings. The van der Waals surface area contributed by atoms with E-state index in [4.69, 9.17) is 11.6 Å². The van der Waals surface area contributed by atoms with E-state index in [-0.39, 0.29) is 21.4 Å².